The fourth-order valence-corrected chi connectivity index (χ4v) is 5.51. The molecular formula is C26H33N3O3S. The van der Waals surface area contributed by atoms with Crippen LogP contribution in [0.4, 0.5) is 5.13 Å². The van der Waals surface area contributed by atoms with Crippen LogP contribution < -0.4 is 9.64 Å². The summed E-state index contributed by atoms with van der Waals surface area (Å²) in [6.45, 7) is 11.4. The summed E-state index contributed by atoms with van der Waals surface area (Å²) in [5.41, 5.74) is 5.58. The third-order valence-electron chi connectivity index (χ3n) is 6.24. The topological polar surface area (TPSA) is 54.9 Å². The van der Waals surface area contributed by atoms with Gasteiger partial charge in [0.1, 0.15) is 5.75 Å². The van der Waals surface area contributed by atoms with Gasteiger partial charge in [-0.1, -0.05) is 29.0 Å². The summed E-state index contributed by atoms with van der Waals surface area (Å²) in [6, 6.07) is 10.2. The molecule has 0 radical (unpaired) electrons. The zero-order chi connectivity index (χ0) is 23.4. The second-order valence-corrected chi connectivity index (χ2v) is 9.75. The first-order chi connectivity index (χ1) is 15.9. The molecule has 0 bridgehead atoms. The van der Waals surface area contributed by atoms with E-state index in [1.54, 1.807) is 18.4 Å². The van der Waals surface area contributed by atoms with E-state index in [-0.39, 0.29) is 5.91 Å². The van der Waals surface area contributed by atoms with Gasteiger partial charge in [-0.3, -0.25) is 14.6 Å². The van der Waals surface area contributed by atoms with Gasteiger partial charge < -0.3 is 9.47 Å². The molecule has 1 fully saturated rings. The van der Waals surface area contributed by atoms with E-state index in [1.807, 2.05) is 23.1 Å². The van der Waals surface area contributed by atoms with E-state index in [1.165, 1.54) is 16.7 Å². The van der Waals surface area contributed by atoms with Crippen molar-refractivity contribution in [1.29, 1.82) is 0 Å². The average Bonchev–Trinajstić information content (AvgIpc) is 3.22. The number of hydrogen-bond donors (Lipinski definition) is 0. The molecule has 0 N–H and O–H groups in total. The number of methoxy groups -OCH3 is 1. The number of morpholine rings is 1. The Morgan fingerprint density at radius 3 is 2.58 bits per heavy atom. The van der Waals surface area contributed by atoms with Crippen molar-refractivity contribution in [2.45, 2.75) is 33.6 Å². The Morgan fingerprint density at radius 1 is 1.15 bits per heavy atom. The van der Waals surface area contributed by atoms with Crippen molar-refractivity contribution in [2.24, 2.45) is 0 Å². The van der Waals surface area contributed by atoms with Crippen LogP contribution in [0, 0.1) is 20.8 Å². The summed E-state index contributed by atoms with van der Waals surface area (Å²) in [4.78, 5) is 22.7. The maximum Gasteiger partial charge on any atom is 0.233 e. The van der Waals surface area contributed by atoms with Gasteiger partial charge in [0.05, 0.1) is 37.0 Å². The highest BCUT2D eigenvalue weighted by Crippen LogP contribution is 2.32. The number of nitrogens with zero attached hydrogens (tertiary/aromatic N) is 3. The fourth-order valence-electron chi connectivity index (χ4n) is 4.47. The van der Waals surface area contributed by atoms with Crippen LogP contribution in [0.5, 0.6) is 5.75 Å². The molecule has 0 unspecified atom stereocenters. The highest BCUT2D eigenvalue weighted by Gasteiger charge is 2.22. The largest absolute Gasteiger partial charge is 0.497 e. The second-order valence-electron chi connectivity index (χ2n) is 8.74. The summed E-state index contributed by atoms with van der Waals surface area (Å²) >= 11 is 1.55. The number of benzene rings is 2. The molecule has 4 rings (SSSR count). The molecule has 33 heavy (non-hydrogen) atoms. The van der Waals surface area contributed by atoms with Gasteiger partial charge in [-0.2, -0.15) is 0 Å². The number of thiazole rings is 1. The first-order valence-corrected chi connectivity index (χ1v) is 12.4. The predicted octanol–water partition coefficient (Wildman–Crippen LogP) is 4.53. The number of aryl methyl sites for hydroxylation is 3. The molecule has 1 saturated heterocycles. The van der Waals surface area contributed by atoms with E-state index >= 15 is 0 Å². The first kappa shape index (κ1) is 23.7. The highest BCUT2D eigenvalue weighted by atomic mass is 32.1. The summed E-state index contributed by atoms with van der Waals surface area (Å²) in [5, 5.41) is 0.757. The van der Waals surface area contributed by atoms with Crippen molar-refractivity contribution in [3.63, 3.8) is 0 Å². The van der Waals surface area contributed by atoms with Gasteiger partial charge in [0.2, 0.25) is 5.91 Å². The molecule has 1 aliphatic heterocycles. The molecule has 2 aromatic carbocycles. The van der Waals surface area contributed by atoms with E-state index in [2.05, 4.69) is 37.8 Å². The molecule has 6 nitrogen and oxygen atoms in total. The number of carbonyl (C=O) groups excluding carboxylic acids is 1. The second kappa shape index (κ2) is 10.6. The van der Waals surface area contributed by atoms with E-state index in [4.69, 9.17) is 14.5 Å². The molecule has 0 saturated carbocycles. The quantitative estimate of drug-likeness (QED) is 0.487. The SMILES string of the molecule is COc1ccc2nc(N(CCCN3CCOCC3)C(=O)Cc3c(C)cc(C)cc3C)sc2c1. The summed E-state index contributed by atoms with van der Waals surface area (Å²) in [7, 11) is 1.66. The highest BCUT2D eigenvalue weighted by molar-refractivity contribution is 7.22. The van der Waals surface area contributed by atoms with E-state index < -0.39 is 0 Å². The Bertz CT molecular complexity index is 1100. The first-order valence-electron chi connectivity index (χ1n) is 11.6. The average molecular weight is 468 g/mol. The van der Waals surface area contributed by atoms with Crippen molar-refractivity contribution < 1.29 is 14.3 Å². The van der Waals surface area contributed by atoms with Crippen molar-refractivity contribution in [3.05, 3.63) is 52.6 Å². The number of amides is 1. The Labute approximate surface area is 200 Å². The maximum absolute atomic E-state index is 13.6. The number of carbonyl (C=O) groups is 1. The molecule has 0 atom stereocenters. The minimum atomic E-state index is 0.0954. The molecule has 3 aromatic rings. The number of hydrogen-bond acceptors (Lipinski definition) is 6. The minimum absolute atomic E-state index is 0.0954. The van der Waals surface area contributed by atoms with Gasteiger partial charge in [-0.25, -0.2) is 4.98 Å². The molecule has 2 heterocycles. The minimum Gasteiger partial charge on any atom is -0.497 e. The predicted molar refractivity (Wildman–Crippen MR) is 135 cm³/mol. The fraction of sp³-hybridized carbons (Fsp3) is 0.462. The lowest BCUT2D eigenvalue weighted by Gasteiger charge is -2.28. The van der Waals surface area contributed by atoms with Crippen LogP contribution in [0.1, 0.15) is 28.7 Å². The lowest BCUT2D eigenvalue weighted by atomic mass is 9.97. The maximum atomic E-state index is 13.6. The number of fused-ring (bicyclic) bond motifs is 1. The van der Waals surface area contributed by atoms with Gasteiger partial charge in [0.15, 0.2) is 5.13 Å². The van der Waals surface area contributed by atoms with Crippen LogP contribution >= 0.6 is 11.3 Å². The molecule has 0 aliphatic carbocycles. The van der Waals surface area contributed by atoms with E-state index in [0.717, 1.165) is 65.9 Å². The van der Waals surface area contributed by atoms with E-state index in [0.29, 0.717) is 13.0 Å². The van der Waals surface area contributed by atoms with Crippen LogP contribution in [0.15, 0.2) is 30.3 Å². The normalized spacial score (nSPS) is 14.5. The van der Waals surface area contributed by atoms with Crippen molar-refractivity contribution in [1.82, 2.24) is 9.88 Å². The van der Waals surface area contributed by atoms with Crippen LogP contribution in [0.25, 0.3) is 10.2 Å². The molecule has 176 valence electrons. The van der Waals surface area contributed by atoms with Gasteiger partial charge >= 0.3 is 0 Å². The molecule has 1 amide bonds. The Morgan fingerprint density at radius 2 is 1.88 bits per heavy atom. The van der Waals surface area contributed by atoms with Gasteiger partial charge in [-0.05, 0) is 62.1 Å². The van der Waals surface area contributed by atoms with Crippen molar-refractivity contribution in [2.75, 3.05) is 51.4 Å². The number of ether oxygens (including phenoxy) is 2. The van der Waals surface area contributed by atoms with Crippen LogP contribution in [-0.2, 0) is 16.0 Å². The Kier molecular flexibility index (Phi) is 7.63. The summed E-state index contributed by atoms with van der Waals surface area (Å²) < 4.78 is 11.9. The lowest BCUT2D eigenvalue weighted by Crippen LogP contribution is -2.39. The number of anilines is 1. The molecule has 1 aliphatic rings. The Hall–Kier alpha value is -2.48. The van der Waals surface area contributed by atoms with Crippen LogP contribution in [0.2, 0.25) is 0 Å². The van der Waals surface area contributed by atoms with Gasteiger partial charge in [0, 0.05) is 26.2 Å². The monoisotopic (exact) mass is 467 g/mol. The van der Waals surface area contributed by atoms with Crippen molar-refractivity contribution in [3.8, 4) is 5.75 Å². The van der Waals surface area contributed by atoms with Gasteiger partial charge in [-0.15, -0.1) is 0 Å². The van der Waals surface area contributed by atoms with Crippen molar-refractivity contribution >= 4 is 32.6 Å². The molecular weight excluding hydrogens is 434 g/mol. The smallest absolute Gasteiger partial charge is 0.233 e. The standard InChI is InChI=1S/C26H33N3O3S/c1-18-14-19(2)22(20(3)15-18)17-25(30)29(9-5-8-28-10-12-32-13-11-28)26-27-23-7-6-21(31-4)16-24(23)33-26/h6-7,14-16H,5,8-13,17H2,1-4H3. The summed E-state index contributed by atoms with van der Waals surface area (Å²) in [5.74, 6) is 0.895. The molecule has 7 heteroatoms. The van der Waals surface area contributed by atoms with Crippen LogP contribution in [-0.4, -0.2) is 62.3 Å². The number of rotatable bonds is 8. The van der Waals surface area contributed by atoms with E-state index in [9.17, 15) is 4.79 Å². The zero-order valence-corrected chi connectivity index (χ0v) is 20.8. The molecule has 0 spiro atoms. The third-order valence-corrected chi connectivity index (χ3v) is 7.29. The zero-order valence-electron chi connectivity index (χ0n) is 20.0. The van der Waals surface area contributed by atoms with Gasteiger partial charge in [0.25, 0.3) is 0 Å². The Balaban J connectivity index is 1.57. The third kappa shape index (κ3) is 5.72. The lowest BCUT2D eigenvalue weighted by molar-refractivity contribution is -0.118. The summed E-state index contributed by atoms with van der Waals surface area (Å²) in [6.07, 6.45) is 1.28. The van der Waals surface area contributed by atoms with Crippen LogP contribution in [0.3, 0.4) is 0 Å². The number of aromatic nitrogens is 1. The molecule has 1 aromatic heterocycles.